The lowest BCUT2D eigenvalue weighted by Crippen LogP contribution is -2.37. The maximum atomic E-state index is 6.84. The van der Waals surface area contributed by atoms with E-state index in [2.05, 4.69) is 0 Å². The molecule has 0 aromatic heterocycles. The van der Waals surface area contributed by atoms with Crippen LogP contribution in [0.3, 0.4) is 0 Å². The lowest BCUT2D eigenvalue weighted by molar-refractivity contribution is 0.966. The molecule has 0 aromatic carbocycles. The van der Waals surface area contributed by atoms with Crippen LogP contribution in [-0.4, -0.2) is 23.9 Å². The minimum Gasteiger partial charge on any atom is -0.386 e. The summed E-state index contributed by atoms with van der Waals surface area (Å²) in [5, 5.41) is 6.84. The second kappa shape index (κ2) is 3.74. The highest BCUT2D eigenvalue weighted by Crippen LogP contribution is 1.92. The van der Waals surface area contributed by atoms with Crippen LogP contribution >= 0.6 is 11.8 Å². The van der Waals surface area contributed by atoms with Crippen LogP contribution in [0.5, 0.6) is 0 Å². The van der Waals surface area contributed by atoms with Gasteiger partial charge in [0.1, 0.15) is 5.84 Å². The smallest absolute Gasteiger partial charge is 0.109 e. The third-order valence-electron chi connectivity index (χ3n) is 0.746. The Bertz CT molecular complexity index is 83.4. The first-order valence-electron chi connectivity index (χ1n) is 2.27. The van der Waals surface area contributed by atoms with E-state index >= 15 is 0 Å². The molecule has 0 heterocycles. The highest BCUT2D eigenvalue weighted by molar-refractivity contribution is 7.98. The van der Waals surface area contributed by atoms with Gasteiger partial charge >= 0.3 is 0 Å². The molecule has 0 unspecified atom stereocenters. The first-order chi connectivity index (χ1) is 3.68. The van der Waals surface area contributed by atoms with E-state index in [4.69, 9.17) is 16.9 Å². The molecule has 5 N–H and O–H groups in total. The fourth-order valence-electron chi connectivity index (χ4n) is 0.269. The third kappa shape index (κ3) is 2.87. The molecular weight excluding hydrogens is 122 g/mol. The standard InChI is InChI=1S/C4H11N3S/c1-8-2-3(5)4(6)7/h3H,2,5H2,1H3,(H3,6,7)/t3-/m0/s1. The van der Waals surface area contributed by atoms with E-state index in [1.165, 1.54) is 0 Å². The van der Waals surface area contributed by atoms with Crippen molar-refractivity contribution in [3.63, 3.8) is 0 Å². The van der Waals surface area contributed by atoms with Gasteiger partial charge in [-0.15, -0.1) is 0 Å². The Morgan fingerprint density at radius 3 is 2.50 bits per heavy atom. The van der Waals surface area contributed by atoms with Crippen LogP contribution in [0.25, 0.3) is 0 Å². The second-order valence-corrected chi connectivity index (χ2v) is 2.43. The van der Waals surface area contributed by atoms with Crippen molar-refractivity contribution in [1.82, 2.24) is 0 Å². The molecule has 48 valence electrons. The second-order valence-electron chi connectivity index (χ2n) is 1.52. The molecule has 0 radical (unpaired) electrons. The molecule has 3 nitrogen and oxygen atoms in total. The topological polar surface area (TPSA) is 75.9 Å². The van der Waals surface area contributed by atoms with Crippen LogP contribution in [-0.2, 0) is 0 Å². The van der Waals surface area contributed by atoms with Crippen molar-refractivity contribution in [2.24, 2.45) is 11.5 Å². The summed E-state index contributed by atoms with van der Waals surface area (Å²) in [5.41, 5.74) is 10.4. The quantitative estimate of drug-likeness (QED) is 0.362. The van der Waals surface area contributed by atoms with Gasteiger partial charge in [0.25, 0.3) is 0 Å². The zero-order valence-electron chi connectivity index (χ0n) is 4.85. The maximum Gasteiger partial charge on any atom is 0.109 e. The van der Waals surface area contributed by atoms with Crippen LogP contribution in [0.1, 0.15) is 0 Å². The minimum atomic E-state index is -0.259. The van der Waals surface area contributed by atoms with E-state index in [0.29, 0.717) is 0 Å². The molecular formula is C4H11N3S. The van der Waals surface area contributed by atoms with E-state index in [-0.39, 0.29) is 11.9 Å². The number of rotatable bonds is 3. The molecule has 0 aliphatic heterocycles. The average Bonchev–Trinajstić information content (AvgIpc) is 1.67. The lowest BCUT2D eigenvalue weighted by atomic mass is 10.3. The first-order valence-corrected chi connectivity index (χ1v) is 3.66. The van der Waals surface area contributed by atoms with Gasteiger partial charge in [-0.25, -0.2) is 0 Å². The Morgan fingerprint density at radius 2 is 2.38 bits per heavy atom. The van der Waals surface area contributed by atoms with Gasteiger partial charge in [-0.05, 0) is 6.26 Å². The van der Waals surface area contributed by atoms with Crippen LogP contribution in [0, 0.1) is 5.41 Å². The molecule has 0 saturated carbocycles. The molecule has 0 aromatic rings. The minimum absolute atomic E-state index is 0.0688. The summed E-state index contributed by atoms with van der Waals surface area (Å²) in [6.07, 6.45) is 1.93. The van der Waals surface area contributed by atoms with Crippen molar-refractivity contribution in [2.45, 2.75) is 6.04 Å². The van der Waals surface area contributed by atoms with Gasteiger partial charge in [-0.1, -0.05) is 0 Å². The van der Waals surface area contributed by atoms with Crippen molar-refractivity contribution in [1.29, 1.82) is 5.41 Å². The summed E-state index contributed by atoms with van der Waals surface area (Å²) in [6, 6.07) is -0.259. The number of nitrogens with two attached hydrogens (primary N) is 2. The monoisotopic (exact) mass is 133 g/mol. The summed E-state index contributed by atoms with van der Waals surface area (Å²) < 4.78 is 0. The average molecular weight is 133 g/mol. The molecule has 8 heavy (non-hydrogen) atoms. The molecule has 1 atom stereocenters. The Hall–Kier alpha value is -0.220. The predicted octanol–water partition coefficient (Wildman–Crippen LogP) is -0.387. The van der Waals surface area contributed by atoms with Crippen molar-refractivity contribution in [2.75, 3.05) is 12.0 Å². The van der Waals surface area contributed by atoms with Crippen LogP contribution < -0.4 is 11.5 Å². The fraction of sp³-hybridized carbons (Fsp3) is 0.750. The first kappa shape index (κ1) is 7.78. The summed E-state index contributed by atoms with van der Waals surface area (Å²) in [5.74, 6) is 0.800. The molecule has 0 rings (SSSR count). The van der Waals surface area contributed by atoms with Gasteiger partial charge in [0.2, 0.25) is 0 Å². The Kier molecular flexibility index (Phi) is 3.64. The van der Waals surface area contributed by atoms with Gasteiger partial charge in [0.15, 0.2) is 0 Å². The van der Waals surface area contributed by atoms with Gasteiger partial charge in [-0.3, -0.25) is 5.41 Å². The molecule has 0 spiro atoms. The number of thioether (sulfide) groups is 1. The Labute approximate surface area is 53.3 Å². The Morgan fingerprint density at radius 1 is 1.88 bits per heavy atom. The Balaban J connectivity index is 3.32. The lowest BCUT2D eigenvalue weighted by Gasteiger charge is -2.04. The molecule has 0 aliphatic rings. The van der Waals surface area contributed by atoms with Gasteiger partial charge in [0.05, 0.1) is 6.04 Å². The zero-order chi connectivity index (χ0) is 6.57. The molecule has 0 bridgehead atoms. The maximum absolute atomic E-state index is 6.84. The zero-order valence-corrected chi connectivity index (χ0v) is 5.66. The normalized spacial score (nSPS) is 13.2. The van der Waals surface area contributed by atoms with E-state index in [1.54, 1.807) is 11.8 Å². The molecule has 0 fully saturated rings. The number of amidine groups is 1. The SMILES string of the molecule is CSC[C@H](N)C(=N)N. The van der Waals surface area contributed by atoms with Crippen LogP contribution in [0.15, 0.2) is 0 Å². The highest BCUT2D eigenvalue weighted by Gasteiger charge is 2.01. The molecule has 4 heteroatoms. The summed E-state index contributed by atoms with van der Waals surface area (Å²) in [4.78, 5) is 0. The predicted molar refractivity (Wildman–Crippen MR) is 38.3 cm³/mol. The number of hydrogen-bond acceptors (Lipinski definition) is 3. The van der Waals surface area contributed by atoms with Crippen LogP contribution in [0.2, 0.25) is 0 Å². The molecule has 0 amide bonds. The van der Waals surface area contributed by atoms with E-state index in [0.717, 1.165) is 5.75 Å². The van der Waals surface area contributed by atoms with Crippen molar-refractivity contribution < 1.29 is 0 Å². The summed E-state index contributed by atoms with van der Waals surface area (Å²) in [6.45, 7) is 0. The summed E-state index contributed by atoms with van der Waals surface area (Å²) in [7, 11) is 0. The van der Waals surface area contributed by atoms with Crippen molar-refractivity contribution >= 4 is 17.6 Å². The number of hydrogen-bond donors (Lipinski definition) is 3. The molecule has 0 aliphatic carbocycles. The fourth-order valence-corrected chi connectivity index (χ4v) is 0.808. The van der Waals surface area contributed by atoms with Crippen molar-refractivity contribution in [3.05, 3.63) is 0 Å². The van der Waals surface area contributed by atoms with E-state index in [1.807, 2.05) is 6.26 Å². The van der Waals surface area contributed by atoms with E-state index in [9.17, 15) is 0 Å². The largest absolute Gasteiger partial charge is 0.386 e. The van der Waals surface area contributed by atoms with Crippen molar-refractivity contribution in [3.8, 4) is 0 Å². The van der Waals surface area contributed by atoms with Gasteiger partial charge in [0, 0.05) is 5.75 Å². The third-order valence-corrected chi connectivity index (χ3v) is 1.44. The van der Waals surface area contributed by atoms with Gasteiger partial charge < -0.3 is 11.5 Å². The van der Waals surface area contributed by atoms with Gasteiger partial charge in [-0.2, -0.15) is 11.8 Å². The van der Waals surface area contributed by atoms with E-state index < -0.39 is 0 Å². The highest BCUT2D eigenvalue weighted by atomic mass is 32.2. The summed E-state index contributed by atoms with van der Waals surface area (Å²) >= 11 is 1.59. The number of nitrogens with one attached hydrogen (secondary N) is 1. The van der Waals surface area contributed by atoms with Crippen LogP contribution in [0.4, 0.5) is 0 Å². The molecule has 0 saturated heterocycles.